The molecular weight excluding hydrogens is 451 g/mol. The maximum atomic E-state index is 13.0. The fourth-order valence-electron chi connectivity index (χ4n) is 4.26. The third kappa shape index (κ3) is 5.78. The van der Waals surface area contributed by atoms with Gasteiger partial charge in [0.15, 0.2) is 0 Å². The van der Waals surface area contributed by atoms with E-state index in [4.69, 9.17) is 27.9 Å². The van der Waals surface area contributed by atoms with Crippen molar-refractivity contribution >= 4 is 46.5 Å². The first kappa shape index (κ1) is 23.0. The minimum absolute atomic E-state index is 0.0717. The van der Waals surface area contributed by atoms with Crippen LogP contribution in [-0.4, -0.2) is 54.0 Å². The molecule has 1 aromatic heterocycles. The molecule has 1 aromatic carbocycles. The van der Waals surface area contributed by atoms with E-state index in [1.54, 1.807) is 24.3 Å². The monoisotopic (exact) mass is 476 g/mol. The number of aromatic nitrogens is 1. The Morgan fingerprint density at radius 3 is 2.38 bits per heavy atom. The maximum absolute atomic E-state index is 13.0. The van der Waals surface area contributed by atoms with Crippen LogP contribution in [0.1, 0.15) is 36.0 Å². The lowest BCUT2D eigenvalue weighted by Crippen LogP contribution is -2.45. The Kier molecular flexibility index (Phi) is 7.63. The quantitative estimate of drug-likeness (QED) is 0.664. The first-order valence-corrected chi connectivity index (χ1v) is 11.6. The molecule has 7 nitrogen and oxygen atoms in total. The first-order valence-electron chi connectivity index (χ1n) is 10.8. The minimum atomic E-state index is -0.410. The molecule has 0 bridgehead atoms. The molecule has 9 heteroatoms. The van der Waals surface area contributed by atoms with E-state index >= 15 is 0 Å². The molecule has 2 aliphatic heterocycles. The highest BCUT2D eigenvalue weighted by atomic mass is 35.5. The summed E-state index contributed by atoms with van der Waals surface area (Å²) in [6.45, 7) is 3.44. The number of anilines is 2. The zero-order valence-corrected chi connectivity index (χ0v) is 19.2. The number of pyridine rings is 1. The summed E-state index contributed by atoms with van der Waals surface area (Å²) < 4.78 is 5.46. The molecule has 2 aliphatic rings. The Bertz CT molecular complexity index is 956. The molecule has 2 amide bonds. The number of piperidine rings is 1. The van der Waals surface area contributed by atoms with E-state index in [0.717, 1.165) is 52.0 Å². The smallest absolute Gasteiger partial charge is 0.258 e. The molecule has 2 N–H and O–H groups in total. The number of carbonyl (C=O) groups is 2. The van der Waals surface area contributed by atoms with Gasteiger partial charge < -0.3 is 20.3 Å². The second-order valence-electron chi connectivity index (χ2n) is 8.15. The van der Waals surface area contributed by atoms with Crippen molar-refractivity contribution in [2.75, 3.05) is 36.9 Å². The van der Waals surface area contributed by atoms with Gasteiger partial charge in [0, 0.05) is 36.4 Å². The van der Waals surface area contributed by atoms with Crippen molar-refractivity contribution in [1.29, 1.82) is 0 Å². The predicted octanol–water partition coefficient (Wildman–Crippen LogP) is 4.47. The van der Waals surface area contributed by atoms with E-state index < -0.39 is 5.91 Å². The number of hydrogen-bond acceptors (Lipinski definition) is 5. The van der Waals surface area contributed by atoms with Crippen LogP contribution in [0.25, 0.3) is 0 Å². The molecule has 3 heterocycles. The Labute approximate surface area is 197 Å². The van der Waals surface area contributed by atoms with Crippen LogP contribution in [0.5, 0.6) is 0 Å². The number of ether oxygens (including phenoxy) is 1. The fourth-order valence-corrected chi connectivity index (χ4v) is 4.54. The van der Waals surface area contributed by atoms with Gasteiger partial charge >= 0.3 is 0 Å². The summed E-state index contributed by atoms with van der Waals surface area (Å²) in [5.41, 5.74) is 0.708. The molecule has 0 spiro atoms. The van der Waals surface area contributed by atoms with E-state index in [1.165, 1.54) is 12.3 Å². The van der Waals surface area contributed by atoms with E-state index in [0.29, 0.717) is 27.6 Å². The molecule has 0 radical (unpaired) electrons. The van der Waals surface area contributed by atoms with Gasteiger partial charge in [0.2, 0.25) is 5.91 Å². The minimum Gasteiger partial charge on any atom is -0.381 e. The van der Waals surface area contributed by atoms with Gasteiger partial charge in [0.1, 0.15) is 5.82 Å². The topological polar surface area (TPSA) is 83.6 Å². The van der Waals surface area contributed by atoms with Crippen molar-refractivity contribution in [2.45, 2.75) is 31.7 Å². The van der Waals surface area contributed by atoms with E-state index in [9.17, 15) is 9.59 Å². The van der Waals surface area contributed by atoms with Crippen LogP contribution in [0.15, 0.2) is 36.5 Å². The van der Waals surface area contributed by atoms with Crippen LogP contribution in [0.4, 0.5) is 11.5 Å². The van der Waals surface area contributed by atoms with Gasteiger partial charge in [-0.1, -0.05) is 23.2 Å². The number of nitrogens with one attached hydrogen (secondary N) is 2. The molecule has 2 aromatic rings. The van der Waals surface area contributed by atoms with Crippen LogP contribution in [-0.2, 0) is 9.53 Å². The van der Waals surface area contributed by atoms with Gasteiger partial charge in [-0.25, -0.2) is 4.98 Å². The maximum Gasteiger partial charge on any atom is 0.258 e. The summed E-state index contributed by atoms with van der Waals surface area (Å²) in [5, 5.41) is 6.53. The zero-order valence-electron chi connectivity index (χ0n) is 17.7. The van der Waals surface area contributed by atoms with Crippen molar-refractivity contribution in [3.63, 3.8) is 0 Å². The van der Waals surface area contributed by atoms with Crippen LogP contribution < -0.4 is 10.6 Å². The van der Waals surface area contributed by atoms with Crippen LogP contribution in [0, 0.1) is 5.92 Å². The van der Waals surface area contributed by atoms with Gasteiger partial charge in [-0.05, 0) is 69.1 Å². The lowest BCUT2D eigenvalue weighted by molar-refractivity contribution is -0.121. The second-order valence-corrected chi connectivity index (χ2v) is 9.02. The number of benzene rings is 1. The van der Waals surface area contributed by atoms with Gasteiger partial charge in [-0.2, -0.15) is 0 Å². The number of likely N-dealkylation sites (tertiary alicyclic amines) is 1. The Morgan fingerprint density at radius 2 is 1.69 bits per heavy atom. The van der Waals surface area contributed by atoms with Crippen molar-refractivity contribution in [3.8, 4) is 0 Å². The Balaban J connectivity index is 1.39. The molecule has 2 saturated heterocycles. The van der Waals surface area contributed by atoms with E-state index in [-0.39, 0.29) is 17.4 Å². The number of amides is 2. The van der Waals surface area contributed by atoms with Gasteiger partial charge in [-0.3, -0.25) is 9.59 Å². The molecule has 0 aliphatic carbocycles. The average Bonchev–Trinajstić information content (AvgIpc) is 2.82. The highest BCUT2D eigenvalue weighted by Crippen LogP contribution is 2.27. The summed E-state index contributed by atoms with van der Waals surface area (Å²) in [5.74, 6) is -0.211. The Morgan fingerprint density at radius 1 is 0.969 bits per heavy atom. The van der Waals surface area contributed by atoms with Crippen LogP contribution in [0.2, 0.25) is 10.0 Å². The van der Waals surface area contributed by atoms with Gasteiger partial charge in [0.25, 0.3) is 5.91 Å². The van der Waals surface area contributed by atoms with Gasteiger partial charge in [0.05, 0.1) is 16.3 Å². The number of hydrogen-bond donors (Lipinski definition) is 2. The van der Waals surface area contributed by atoms with E-state index in [2.05, 4.69) is 20.5 Å². The van der Waals surface area contributed by atoms with Crippen LogP contribution in [0.3, 0.4) is 0 Å². The summed E-state index contributed by atoms with van der Waals surface area (Å²) in [7, 11) is 0. The summed E-state index contributed by atoms with van der Waals surface area (Å²) >= 11 is 12.0. The summed E-state index contributed by atoms with van der Waals surface area (Å²) in [4.78, 5) is 32.4. The van der Waals surface area contributed by atoms with Crippen molar-refractivity contribution < 1.29 is 14.3 Å². The lowest BCUT2D eigenvalue weighted by atomic mass is 9.93. The fraction of sp³-hybridized carbons (Fsp3) is 0.435. The first-order chi connectivity index (χ1) is 15.5. The largest absolute Gasteiger partial charge is 0.381 e. The molecule has 2 fully saturated rings. The molecule has 0 atom stereocenters. The number of rotatable bonds is 5. The highest BCUT2D eigenvalue weighted by Gasteiger charge is 2.30. The number of nitrogens with zero attached hydrogens (tertiary/aromatic N) is 2. The standard InChI is InChI=1S/C23H26Cl2N4O3/c24-16-1-3-20(19(13-16)23(31)28-21-4-2-17(25)14-26-21)27-22(30)15-5-9-29(10-6-15)18-7-11-32-12-8-18/h1-4,13-15,18H,5-12H2,(H,27,30)(H,26,28,31). The van der Waals surface area contributed by atoms with Gasteiger partial charge in [-0.15, -0.1) is 0 Å². The summed E-state index contributed by atoms with van der Waals surface area (Å²) in [6.07, 6.45) is 5.16. The summed E-state index contributed by atoms with van der Waals surface area (Å²) in [6, 6.07) is 8.65. The lowest BCUT2D eigenvalue weighted by Gasteiger charge is -2.38. The molecule has 170 valence electrons. The third-order valence-corrected chi connectivity index (χ3v) is 6.52. The van der Waals surface area contributed by atoms with Crippen molar-refractivity contribution in [3.05, 3.63) is 52.1 Å². The van der Waals surface area contributed by atoms with Crippen molar-refractivity contribution in [2.24, 2.45) is 5.92 Å². The van der Waals surface area contributed by atoms with E-state index in [1.807, 2.05) is 0 Å². The molecular formula is C23H26Cl2N4O3. The zero-order chi connectivity index (χ0) is 22.5. The SMILES string of the molecule is O=C(Nc1ccc(Cl)cn1)c1cc(Cl)ccc1NC(=O)C1CCN(C2CCOCC2)CC1. The third-order valence-electron chi connectivity index (χ3n) is 6.06. The molecule has 0 unspecified atom stereocenters. The van der Waals surface area contributed by atoms with Crippen LogP contribution >= 0.6 is 23.2 Å². The second kappa shape index (κ2) is 10.6. The molecule has 32 heavy (non-hydrogen) atoms. The predicted molar refractivity (Wildman–Crippen MR) is 125 cm³/mol. The number of halogens is 2. The highest BCUT2D eigenvalue weighted by molar-refractivity contribution is 6.31. The Hall–Kier alpha value is -2.19. The normalized spacial score (nSPS) is 18.3. The molecule has 4 rings (SSSR count). The van der Waals surface area contributed by atoms with Crippen molar-refractivity contribution in [1.82, 2.24) is 9.88 Å². The average molecular weight is 477 g/mol. The number of carbonyl (C=O) groups excluding carboxylic acids is 2. The molecule has 0 saturated carbocycles.